The number of aromatic nitrogens is 1. The van der Waals surface area contributed by atoms with Gasteiger partial charge in [-0.2, -0.15) is 4.31 Å². The van der Waals surface area contributed by atoms with Crippen molar-refractivity contribution in [1.82, 2.24) is 9.29 Å². The molecule has 1 amide bonds. The molecule has 0 aliphatic carbocycles. The van der Waals surface area contributed by atoms with Crippen LogP contribution in [0.5, 0.6) is 5.75 Å². The van der Waals surface area contributed by atoms with E-state index in [1.807, 2.05) is 27.7 Å². The van der Waals surface area contributed by atoms with Crippen molar-refractivity contribution in [2.75, 3.05) is 37.4 Å². The lowest BCUT2D eigenvalue weighted by molar-refractivity contribution is -0.113. The molecule has 0 unspecified atom stereocenters. The molecule has 0 radical (unpaired) electrons. The van der Waals surface area contributed by atoms with E-state index in [1.165, 1.54) is 16.4 Å². The minimum absolute atomic E-state index is 0.0565. The average Bonchev–Trinajstić information content (AvgIpc) is 3.05. The first-order chi connectivity index (χ1) is 14.7. The molecule has 0 atom stereocenters. The van der Waals surface area contributed by atoms with Crippen molar-refractivity contribution in [3.63, 3.8) is 0 Å². The minimum Gasteiger partial charge on any atom is -0.489 e. The molecule has 2 aromatic rings. The Balaban J connectivity index is 1.78. The van der Waals surface area contributed by atoms with Crippen LogP contribution in [0.3, 0.4) is 0 Å². The summed E-state index contributed by atoms with van der Waals surface area (Å²) < 4.78 is 43.8. The zero-order valence-electron chi connectivity index (χ0n) is 18.0. The van der Waals surface area contributed by atoms with Crippen LogP contribution in [0.2, 0.25) is 0 Å². The number of benzene rings is 1. The smallest absolute Gasteiger partial charge is 0.256 e. The number of rotatable bonds is 8. The lowest BCUT2D eigenvalue weighted by atomic mass is 10.3. The molecule has 1 aliphatic heterocycles. The third-order valence-corrected chi connectivity index (χ3v) is 7.25. The molecule has 2 heterocycles. The summed E-state index contributed by atoms with van der Waals surface area (Å²) in [5.41, 5.74) is 1.07. The number of nitrogens with zero attached hydrogens (tertiary/aromatic N) is 2. The fraction of sp³-hybridized carbons (Fsp3) is 0.500. The number of nitrogens with one attached hydrogen (secondary N) is 1. The highest BCUT2D eigenvalue weighted by molar-refractivity contribution is 7.99. The first-order valence-electron chi connectivity index (χ1n) is 9.92. The molecule has 0 bridgehead atoms. The Hall–Kier alpha value is -2.08. The van der Waals surface area contributed by atoms with Crippen molar-refractivity contribution < 1.29 is 27.1 Å². The summed E-state index contributed by atoms with van der Waals surface area (Å²) in [5.74, 6) is 0.836. The number of sulfonamides is 1. The predicted molar refractivity (Wildman–Crippen MR) is 117 cm³/mol. The number of hydrogen-bond acceptors (Lipinski definition) is 8. The number of aryl methyl sites for hydroxylation is 2. The number of morpholine rings is 1. The largest absolute Gasteiger partial charge is 0.489 e. The molecule has 0 spiro atoms. The number of anilines is 1. The normalized spacial score (nSPS) is 15.3. The molecule has 1 fully saturated rings. The second kappa shape index (κ2) is 10.0. The van der Waals surface area contributed by atoms with Gasteiger partial charge >= 0.3 is 0 Å². The minimum atomic E-state index is -3.71. The summed E-state index contributed by atoms with van der Waals surface area (Å²) in [6.07, 6.45) is -0.148. The summed E-state index contributed by atoms with van der Waals surface area (Å²) in [6.45, 7) is 8.64. The van der Waals surface area contributed by atoms with Crippen molar-refractivity contribution in [2.24, 2.45) is 0 Å². The highest BCUT2D eigenvalue weighted by Crippen LogP contribution is 2.31. The van der Waals surface area contributed by atoms with Crippen molar-refractivity contribution in [3.8, 4) is 5.75 Å². The van der Waals surface area contributed by atoms with Crippen LogP contribution in [0.25, 0.3) is 0 Å². The summed E-state index contributed by atoms with van der Waals surface area (Å²) in [4.78, 5) is 16.9. The Labute approximate surface area is 186 Å². The summed E-state index contributed by atoms with van der Waals surface area (Å²) >= 11 is 1.16. The van der Waals surface area contributed by atoms with Crippen LogP contribution in [0.1, 0.15) is 25.3 Å². The van der Waals surface area contributed by atoms with E-state index < -0.39 is 10.0 Å². The van der Waals surface area contributed by atoms with E-state index in [9.17, 15) is 13.2 Å². The van der Waals surface area contributed by atoms with Gasteiger partial charge in [0.1, 0.15) is 11.5 Å². The number of oxazole rings is 1. The standard InChI is InChI=1S/C20H27N3O6S2/c1-13(2)28-18-6-5-16(31(25,26)23-7-9-27-10-8-23)11-17(18)22-19(24)12-30-20-21-14(3)15(4)29-20/h5-6,11,13H,7-10,12H2,1-4H3,(H,22,24). The molecule has 1 saturated heterocycles. The zero-order chi connectivity index (χ0) is 22.6. The van der Waals surface area contributed by atoms with Gasteiger partial charge in [0.15, 0.2) is 0 Å². The number of amides is 1. The van der Waals surface area contributed by atoms with Gasteiger partial charge in [-0.25, -0.2) is 13.4 Å². The van der Waals surface area contributed by atoms with Gasteiger partial charge in [0.05, 0.1) is 41.3 Å². The molecular formula is C20H27N3O6S2. The van der Waals surface area contributed by atoms with E-state index in [-0.39, 0.29) is 22.7 Å². The fourth-order valence-electron chi connectivity index (χ4n) is 2.88. The maximum absolute atomic E-state index is 13.0. The Kier molecular flexibility index (Phi) is 7.63. The number of carbonyl (C=O) groups is 1. The quantitative estimate of drug-likeness (QED) is 0.588. The molecule has 1 aliphatic rings. The summed E-state index contributed by atoms with van der Waals surface area (Å²) in [7, 11) is -3.71. The fourth-order valence-corrected chi connectivity index (χ4v) is 5.03. The Morgan fingerprint density at radius 1 is 1.29 bits per heavy atom. The molecule has 31 heavy (non-hydrogen) atoms. The number of thioether (sulfide) groups is 1. The third-order valence-electron chi connectivity index (χ3n) is 4.53. The molecule has 3 rings (SSSR count). The van der Waals surface area contributed by atoms with Crippen LogP contribution in [0, 0.1) is 13.8 Å². The van der Waals surface area contributed by atoms with Gasteiger partial charge in [-0.05, 0) is 45.9 Å². The van der Waals surface area contributed by atoms with Gasteiger partial charge in [-0.3, -0.25) is 4.79 Å². The van der Waals surface area contributed by atoms with Crippen LogP contribution in [0.15, 0.2) is 32.7 Å². The van der Waals surface area contributed by atoms with E-state index in [0.717, 1.165) is 17.5 Å². The van der Waals surface area contributed by atoms with Crippen molar-refractivity contribution in [2.45, 2.75) is 43.9 Å². The summed E-state index contributed by atoms with van der Waals surface area (Å²) in [5, 5.41) is 3.17. The van der Waals surface area contributed by atoms with E-state index in [4.69, 9.17) is 13.9 Å². The first kappa shape index (κ1) is 23.6. The highest BCUT2D eigenvalue weighted by Gasteiger charge is 2.27. The highest BCUT2D eigenvalue weighted by atomic mass is 32.2. The van der Waals surface area contributed by atoms with Gasteiger partial charge in [0.2, 0.25) is 15.9 Å². The van der Waals surface area contributed by atoms with E-state index in [0.29, 0.717) is 48.7 Å². The number of carbonyl (C=O) groups excluding carboxylic acids is 1. The summed E-state index contributed by atoms with van der Waals surface area (Å²) in [6, 6.07) is 4.49. The number of ether oxygens (including phenoxy) is 2. The van der Waals surface area contributed by atoms with E-state index in [1.54, 1.807) is 6.07 Å². The molecule has 0 saturated carbocycles. The maximum atomic E-state index is 13.0. The lowest BCUT2D eigenvalue weighted by Gasteiger charge is -2.26. The van der Waals surface area contributed by atoms with Crippen LogP contribution in [0.4, 0.5) is 5.69 Å². The first-order valence-corrected chi connectivity index (χ1v) is 12.3. The lowest BCUT2D eigenvalue weighted by Crippen LogP contribution is -2.40. The van der Waals surface area contributed by atoms with Crippen molar-refractivity contribution in [3.05, 3.63) is 29.7 Å². The second-order valence-electron chi connectivity index (χ2n) is 7.30. The van der Waals surface area contributed by atoms with Crippen LogP contribution in [-0.2, 0) is 19.6 Å². The van der Waals surface area contributed by atoms with Gasteiger partial charge in [-0.1, -0.05) is 11.8 Å². The Bertz CT molecular complexity index is 1010. The van der Waals surface area contributed by atoms with E-state index in [2.05, 4.69) is 10.3 Å². The molecular weight excluding hydrogens is 442 g/mol. The molecule has 1 aromatic heterocycles. The molecule has 170 valence electrons. The van der Waals surface area contributed by atoms with Crippen molar-refractivity contribution >= 4 is 33.4 Å². The van der Waals surface area contributed by atoms with Gasteiger partial charge < -0.3 is 19.2 Å². The molecule has 1 aromatic carbocycles. The van der Waals surface area contributed by atoms with Gasteiger partial charge in [0.25, 0.3) is 5.22 Å². The average molecular weight is 470 g/mol. The van der Waals surface area contributed by atoms with Crippen LogP contribution < -0.4 is 10.1 Å². The maximum Gasteiger partial charge on any atom is 0.256 e. The van der Waals surface area contributed by atoms with E-state index >= 15 is 0 Å². The molecule has 11 heteroatoms. The Morgan fingerprint density at radius 3 is 2.61 bits per heavy atom. The monoisotopic (exact) mass is 469 g/mol. The number of hydrogen-bond donors (Lipinski definition) is 1. The van der Waals surface area contributed by atoms with Crippen molar-refractivity contribution in [1.29, 1.82) is 0 Å². The topological polar surface area (TPSA) is 111 Å². The van der Waals surface area contributed by atoms with Crippen LogP contribution >= 0.6 is 11.8 Å². The Morgan fingerprint density at radius 2 is 2.00 bits per heavy atom. The predicted octanol–water partition coefficient (Wildman–Crippen LogP) is 2.83. The van der Waals surface area contributed by atoms with Gasteiger partial charge in [-0.15, -0.1) is 0 Å². The molecule has 9 nitrogen and oxygen atoms in total. The molecule has 1 N–H and O–H groups in total. The second-order valence-corrected chi connectivity index (χ2v) is 10.2. The van der Waals surface area contributed by atoms with Crippen LogP contribution in [-0.4, -0.2) is 61.8 Å². The SMILES string of the molecule is Cc1nc(SCC(=O)Nc2cc(S(=O)(=O)N3CCOCC3)ccc2OC(C)C)oc1C. The zero-order valence-corrected chi connectivity index (χ0v) is 19.6. The third kappa shape index (κ3) is 6.00. The van der Waals surface area contributed by atoms with Gasteiger partial charge in [0, 0.05) is 13.1 Å².